The number of benzene rings is 1. The first-order chi connectivity index (χ1) is 13.1. The van der Waals surface area contributed by atoms with Gasteiger partial charge in [-0.05, 0) is 44.4 Å². The first kappa shape index (κ1) is 19.1. The Morgan fingerprint density at radius 3 is 2.89 bits per heavy atom. The summed E-state index contributed by atoms with van der Waals surface area (Å²) in [5.74, 6) is 0.890. The van der Waals surface area contributed by atoms with E-state index in [0.717, 1.165) is 44.0 Å². The Balaban J connectivity index is 1.42. The number of rotatable bonds is 7. The standard InChI is InChI=1S/C21H29N5O/c1-17-11-13-23-21(24-17)26-15-6-8-18(16-26)20(27)22-12-7-14-25(2)19-9-4-3-5-10-19/h3-5,9-11,13,18H,6-8,12,14-16H2,1-2H3,(H,22,27). The van der Waals surface area contributed by atoms with Gasteiger partial charge in [0.15, 0.2) is 0 Å². The number of hydrogen-bond acceptors (Lipinski definition) is 5. The average molecular weight is 367 g/mol. The van der Waals surface area contributed by atoms with Gasteiger partial charge in [-0.1, -0.05) is 18.2 Å². The molecule has 6 heteroatoms. The molecule has 1 atom stereocenters. The second-order valence-corrected chi connectivity index (χ2v) is 7.18. The van der Waals surface area contributed by atoms with Gasteiger partial charge in [0, 0.05) is 50.8 Å². The summed E-state index contributed by atoms with van der Waals surface area (Å²) < 4.78 is 0. The van der Waals surface area contributed by atoms with Gasteiger partial charge in [0.25, 0.3) is 0 Å². The SMILES string of the molecule is Cc1ccnc(N2CCCC(C(=O)NCCCN(C)c3ccccc3)C2)n1. The number of aryl methyl sites for hydroxylation is 1. The molecule has 1 aliphatic rings. The number of carbonyl (C=O) groups is 1. The molecular formula is C21H29N5O. The van der Waals surface area contributed by atoms with Gasteiger partial charge < -0.3 is 15.1 Å². The molecule has 3 rings (SSSR count). The lowest BCUT2D eigenvalue weighted by atomic mass is 9.97. The monoisotopic (exact) mass is 367 g/mol. The smallest absolute Gasteiger partial charge is 0.225 e. The van der Waals surface area contributed by atoms with E-state index < -0.39 is 0 Å². The number of amides is 1. The number of para-hydroxylation sites is 1. The van der Waals surface area contributed by atoms with E-state index in [0.29, 0.717) is 13.1 Å². The van der Waals surface area contributed by atoms with E-state index in [-0.39, 0.29) is 11.8 Å². The van der Waals surface area contributed by atoms with Crippen molar-refractivity contribution in [3.63, 3.8) is 0 Å². The minimum atomic E-state index is 0.00900. The van der Waals surface area contributed by atoms with Crippen LogP contribution in [0.1, 0.15) is 25.0 Å². The number of nitrogens with zero attached hydrogens (tertiary/aromatic N) is 4. The highest BCUT2D eigenvalue weighted by Gasteiger charge is 2.26. The molecule has 6 nitrogen and oxygen atoms in total. The molecule has 0 aliphatic carbocycles. The highest BCUT2D eigenvalue weighted by Crippen LogP contribution is 2.20. The summed E-state index contributed by atoms with van der Waals surface area (Å²) >= 11 is 0. The van der Waals surface area contributed by atoms with Crippen LogP contribution in [0.25, 0.3) is 0 Å². The lowest BCUT2D eigenvalue weighted by Gasteiger charge is -2.32. The van der Waals surface area contributed by atoms with Gasteiger partial charge >= 0.3 is 0 Å². The maximum Gasteiger partial charge on any atom is 0.225 e. The van der Waals surface area contributed by atoms with Crippen molar-refractivity contribution < 1.29 is 4.79 Å². The molecule has 0 bridgehead atoms. The van der Waals surface area contributed by atoms with Crippen molar-refractivity contribution in [2.45, 2.75) is 26.2 Å². The summed E-state index contributed by atoms with van der Waals surface area (Å²) in [5.41, 5.74) is 2.15. The summed E-state index contributed by atoms with van der Waals surface area (Å²) in [5, 5.41) is 3.11. The second kappa shape index (κ2) is 9.35. The highest BCUT2D eigenvalue weighted by atomic mass is 16.1. The predicted octanol–water partition coefficient (Wildman–Crippen LogP) is 2.64. The molecule has 1 aromatic carbocycles. The van der Waals surface area contributed by atoms with E-state index in [1.807, 2.05) is 31.2 Å². The fraction of sp³-hybridized carbons (Fsp3) is 0.476. The van der Waals surface area contributed by atoms with Crippen LogP contribution in [0.3, 0.4) is 0 Å². The van der Waals surface area contributed by atoms with E-state index in [4.69, 9.17) is 0 Å². The lowest BCUT2D eigenvalue weighted by molar-refractivity contribution is -0.125. The topological polar surface area (TPSA) is 61.4 Å². The van der Waals surface area contributed by atoms with Gasteiger partial charge in [-0.2, -0.15) is 0 Å². The number of nitrogens with one attached hydrogen (secondary N) is 1. The molecular weight excluding hydrogens is 338 g/mol. The zero-order valence-electron chi connectivity index (χ0n) is 16.3. The quantitative estimate of drug-likeness (QED) is 0.763. The summed E-state index contributed by atoms with van der Waals surface area (Å²) in [6.45, 7) is 5.19. The third-order valence-electron chi connectivity index (χ3n) is 5.02. The zero-order valence-corrected chi connectivity index (χ0v) is 16.3. The molecule has 144 valence electrons. The maximum absolute atomic E-state index is 12.6. The first-order valence-corrected chi connectivity index (χ1v) is 9.72. The van der Waals surface area contributed by atoms with Crippen LogP contribution >= 0.6 is 0 Å². The van der Waals surface area contributed by atoms with Gasteiger partial charge in [-0.25, -0.2) is 9.97 Å². The molecule has 1 aromatic heterocycles. The molecule has 2 heterocycles. The fourth-order valence-electron chi connectivity index (χ4n) is 3.44. The minimum Gasteiger partial charge on any atom is -0.375 e. The van der Waals surface area contributed by atoms with Crippen LogP contribution in [0.15, 0.2) is 42.6 Å². The van der Waals surface area contributed by atoms with Crippen LogP contribution < -0.4 is 15.1 Å². The Morgan fingerprint density at radius 1 is 1.30 bits per heavy atom. The summed E-state index contributed by atoms with van der Waals surface area (Å²) in [6, 6.07) is 12.2. The largest absolute Gasteiger partial charge is 0.375 e. The number of aromatic nitrogens is 2. The van der Waals surface area contributed by atoms with Crippen LogP contribution in [0.4, 0.5) is 11.6 Å². The Hall–Kier alpha value is -2.63. The van der Waals surface area contributed by atoms with Crippen molar-refractivity contribution in [2.75, 3.05) is 43.0 Å². The van der Waals surface area contributed by atoms with Crippen molar-refractivity contribution in [3.8, 4) is 0 Å². The molecule has 2 aromatic rings. The van der Waals surface area contributed by atoms with Crippen molar-refractivity contribution in [1.82, 2.24) is 15.3 Å². The molecule has 1 saturated heterocycles. The fourth-order valence-corrected chi connectivity index (χ4v) is 3.44. The van der Waals surface area contributed by atoms with Gasteiger partial charge in [0.05, 0.1) is 5.92 Å². The summed E-state index contributed by atoms with van der Waals surface area (Å²) in [7, 11) is 2.08. The van der Waals surface area contributed by atoms with Crippen molar-refractivity contribution in [3.05, 3.63) is 48.3 Å². The normalized spacial score (nSPS) is 16.8. The summed E-state index contributed by atoms with van der Waals surface area (Å²) in [6.07, 6.45) is 4.63. The summed E-state index contributed by atoms with van der Waals surface area (Å²) in [4.78, 5) is 25.8. The third kappa shape index (κ3) is 5.42. The molecule has 0 spiro atoms. The Morgan fingerprint density at radius 2 is 2.11 bits per heavy atom. The number of piperidine rings is 1. The molecule has 1 amide bonds. The van der Waals surface area contributed by atoms with Gasteiger partial charge in [-0.3, -0.25) is 4.79 Å². The number of hydrogen-bond donors (Lipinski definition) is 1. The zero-order chi connectivity index (χ0) is 19.1. The average Bonchev–Trinajstić information content (AvgIpc) is 2.71. The van der Waals surface area contributed by atoms with Crippen LogP contribution in [-0.2, 0) is 4.79 Å². The first-order valence-electron chi connectivity index (χ1n) is 9.72. The Kier molecular flexibility index (Phi) is 6.63. The maximum atomic E-state index is 12.6. The van der Waals surface area contributed by atoms with E-state index in [2.05, 4.69) is 44.3 Å². The van der Waals surface area contributed by atoms with Crippen LogP contribution in [0.5, 0.6) is 0 Å². The highest BCUT2D eigenvalue weighted by molar-refractivity contribution is 5.79. The molecule has 0 radical (unpaired) electrons. The Bertz CT molecular complexity index is 736. The van der Waals surface area contributed by atoms with E-state index in [1.165, 1.54) is 5.69 Å². The number of anilines is 2. The van der Waals surface area contributed by atoms with E-state index >= 15 is 0 Å². The van der Waals surface area contributed by atoms with Crippen LogP contribution in [-0.4, -0.2) is 49.1 Å². The molecule has 27 heavy (non-hydrogen) atoms. The lowest BCUT2D eigenvalue weighted by Crippen LogP contribution is -2.44. The number of carbonyl (C=O) groups excluding carboxylic acids is 1. The van der Waals surface area contributed by atoms with Gasteiger partial charge in [-0.15, -0.1) is 0 Å². The molecule has 1 fully saturated rings. The molecule has 1 unspecified atom stereocenters. The van der Waals surface area contributed by atoms with Crippen LogP contribution in [0, 0.1) is 12.8 Å². The van der Waals surface area contributed by atoms with E-state index in [1.54, 1.807) is 6.20 Å². The predicted molar refractivity (Wildman–Crippen MR) is 109 cm³/mol. The Labute approximate surface area is 161 Å². The molecule has 1 aliphatic heterocycles. The second-order valence-electron chi connectivity index (χ2n) is 7.18. The minimum absolute atomic E-state index is 0.00900. The van der Waals surface area contributed by atoms with Crippen molar-refractivity contribution in [1.29, 1.82) is 0 Å². The van der Waals surface area contributed by atoms with Crippen molar-refractivity contribution in [2.24, 2.45) is 5.92 Å². The van der Waals surface area contributed by atoms with Gasteiger partial charge in [0.1, 0.15) is 0 Å². The third-order valence-corrected chi connectivity index (χ3v) is 5.02. The van der Waals surface area contributed by atoms with Gasteiger partial charge in [0.2, 0.25) is 11.9 Å². The molecule has 0 saturated carbocycles. The van der Waals surface area contributed by atoms with Crippen LogP contribution in [0.2, 0.25) is 0 Å². The molecule has 1 N–H and O–H groups in total. The van der Waals surface area contributed by atoms with E-state index in [9.17, 15) is 4.79 Å². The van der Waals surface area contributed by atoms with Crippen molar-refractivity contribution >= 4 is 17.5 Å².